The second kappa shape index (κ2) is 5.38. The molecule has 0 atom stereocenters. The molecule has 1 aromatic heterocycles. The molecule has 22 heavy (non-hydrogen) atoms. The summed E-state index contributed by atoms with van der Waals surface area (Å²) in [6, 6.07) is 12.5. The van der Waals surface area contributed by atoms with Gasteiger partial charge in [-0.1, -0.05) is 42.2 Å². The van der Waals surface area contributed by atoms with Crippen LogP contribution < -0.4 is 5.32 Å². The van der Waals surface area contributed by atoms with Crippen LogP contribution in [0.3, 0.4) is 0 Å². The molecule has 106 valence electrons. The first-order valence-corrected chi connectivity index (χ1v) is 7.18. The number of aromatic nitrogens is 2. The van der Waals surface area contributed by atoms with Crippen LogP contribution in [0.4, 0.5) is 5.69 Å². The smallest absolute Gasteiger partial charge is 0.135 e. The molecule has 0 bridgehead atoms. The van der Waals surface area contributed by atoms with Crippen molar-refractivity contribution < 1.29 is 0 Å². The highest BCUT2D eigenvalue weighted by molar-refractivity contribution is 6.18. The van der Waals surface area contributed by atoms with Crippen LogP contribution in [0.5, 0.6) is 0 Å². The summed E-state index contributed by atoms with van der Waals surface area (Å²) in [6.07, 6.45) is 5.42. The van der Waals surface area contributed by atoms with Crippen molar-refractivity contribution in [2.45, 2.75) is 6.54 Å². The van der Waals surface area contributed by atoms with Gasteiger partial charge in [0, 0.05) is 23.3 Å². The lowest BCUT2D eigenvalue weighted by Gasteiger charge is -2.04. The Labute approximate surface area is 128 Å². The van der Waals surface area contributed by atoms with Gasteiger partial charge >= 0.3 is 0 Å². The van der Waals surface area contributed by atoms with Crippen molar-refractivity contribution >= 4 is 22.3 Å². The molecule has 0 aliphatic carbocycles. The molecule has 1 N–H and O–H groups in total. The van der Waals surface area contributed by atoms with E-state index in [1.54, 1.807) is 12.5 Å². The van der Waals surface area contributed by atoms with Crippen LogP contribution in [0.15, 0.2) is 60.1 Å². The van der Waals surface area contributed by atoms with Gasteiger partial charge in [-0.05, 0) is 11.5 Å². The lowest BCUT2D eigenvalue weighted by molar-refractivity contribution is 0.838. The Morgan fingerprint density at radius 1 is 1.09 bits per heavy atom. The van der Waals surface area contributed by atoms with Crippen molar-refractivity contribution in [2.75, 3.05) is 6.54 Å². The van der Waals surface area contributed by atoms with Gasteiger partial charge in [0.25, 0.3) is 0 Å². The summed E-state index contributed by atoms with van der Waals surface area (Å²) in [4.78, 5) is 8.66. The topological polar surface area (TPSA) is 42.2 Å². The highest BCUT2D eigenvalue weighted by atomic mass is 15.0. The summed E-state index contributed by atoms with van der Waals surface area (Å²) in [6.45, 7) is 1.24. The maximum Gasteiger partial charge on any atom is 0.135 e. The molecule has 0 spiro atoms. The third-order valence-electron chi connectivity index (χ3n) is 3.66. The summed E-state index contributed by atoms with van der Waals surface area (Å²) in [5.74, 6) is 7.14. The van der Waals surface area contributed by atoms with Crippen molar-refractivity contribution in [3.05, 3.63) is 60.7 Å². The van der Waals surface area contributed by atoms with Gasteiger partial charge in [0.05, 0.1) is 25.1 Å². The minimum absolute atomic E-state index is 0.581. The molecule has 0 amide bonds. The van der Waals surface area contributed by atoms with Crippen molar-refractivity contribution in [1.82, 2.24) is 14.9 Å². The summed E-state index contributed by atoms with van der Waals surface area (Å²) < 4.78 is 1.94. The first kappa shape index (κ1) is 12.7. The molecular weight excluding hydrogens is 272 g/mol. The van der Waals surface area contributed by atoms with Gasteiger partial charge in [-0.15, -0.1) is 0 Å². The molecular formula is C18H14N4. The molecule has 0 fully saturated rings. The van der Waals surface area contributed by atoms with Crippen LogP contribution in [0.2, 0.25) is 0 Å². The Balaban J connectivity index is 1.47. The molecule has 2 heterocycles. The highest BCUT2D eigenvalue weighted by Gasteiger charge is 2.16. The van der Waals surface area contributed by atoms with Crippen LogP contribution in [-0.4, -0.2) is 21.9 Å². The maximum absolute atomic E-state index is 4.67. The second-order valence-electron chi connectivity index (χ2n) is 5.08. The predicted molar refractivity (Wildman–Crippen MR) is 88.2 cm³/mol. The maximum atomic E-state index is 4.67. The number of benzene rings is 2. The Morgan fingerprint density at radius 2 is 2.00 bits per heavy atom. The minimum Gasteiger partial charge on any atom is -0.359 e. The van der Waals surface area contributed by atoms with E-state index in [-0.39, 0.29) is 0 Å². The normalized spacial score (nSPS) is 11.9. The molecule has 4 nitrogen and oxygen atoms in total. The number of nitrogens with one attached hydrogen (secondary N) is 1. The number of hydrogen-bond donors (Lipinski definition) is 1. The molecule has 0 saturated heterocycles. The molecule has 1 aliphatic heterocycles. The average molecular weight is 286 g/mol. The molecule has 4 heteroatoms. The zero-order valence-corrected chi connectivity index (χ0v) is 12.0. The first-order chi connectivity index (χ1) is 10.9. The van der Waals surface area contributed by atoms with E-state index in [1.807, 2.05) is 22.9 Å². The van der Waals surface area contributed by atoms with Crippen LogP contribution in [0.1, 0.15) is 5.56 Å². The van der Waals surface area contributed by atoms with Gasteiger partial charge in [-0.3, -0.25) is 0 Å². The van der Waals surface area contributed by atoms with Crippen molar-refractivity contribution in [3.63, 3.8) is 0 Å². The number of hydrogen-bond acceptors (Lipinski definition) is 3. The summed E-state index contributed by atoms with van der Waals surface area (Å²) >= 11 is 0. The average Bonchev–Trinajstić information content (AvgIpc) is 3.17. The predicted octanol–water partition coefficient (Wildman–Crippen LogP) is 2.72. The molecule has 0 radical (unpaired) electrons. The Kier molecular flexibility index (Phi) is 3.10. The van der Waals surface area contributed by atoms with Crippen molar-refractivity contribution in [1.29, 1.82) is 0 Å². The number of rotatable bonds is 2. The van der Waals surface area contributed by atoms with Crippen LogP contribution in [0, 0.1) is 11.8 Å². The van der Waals surface area contributed by atoms with Crippen LogP contribution in [-0.2, 0) is 6.54 Å². The molecule has 3 aromatic rings. The quantitative estimate of drug-likeness (QED) is 0.736. The monoisotopic (exact) mass is 286 g/mol. The van der Waals surface area contributed by atoms with E-state index in [0.29, 0.717) is 13.1 Å². The van der Waals surface area contributed by atoms with Gasteiger partial charge in [0.15, 0.2) is 0 Å². The molecule has 0 unspecified atom stereocenters. The second-order valence-corrected chi connectivity index (χ2v) is 5.08. The first-order valence-electron chi connectivity index (χ1n) is 7.18. The van der Waals surface area contributed by atoms with E-state index in [2.05, 4.69) is 51.4 Å². The van der Waals surface area contributed by atoms with Gasteiger partial charge in [0.1, 0.15) is 5.84 Å². The Hall–Kier alpha value is -3.06. The summed E-state index contributed by atoms with van der Waals surface area (Å²) in [5.41, 5.74) is 2.19. The molecule has 4 rings (SSSR count). The molecule has 0 saturated carbocycles. The van der Waals surface area contributed by atoms with Crippen LogP contribution >= 0.6 is 0 Å². The van der Waals surface area contributed by atoms with Crippen molar-refractivity contribution in [2.24, 2.45) is 4.99 Å². The van der Waals surface area contributed by atoms with E-state index in [0.717, 1.165) is 17.1 Å². The van der Waals surface area contributed by atoms with Crippen molar-refractivity contribution in [3.8, 4) is 11.8 Å². The number of nitrogens with zero attached hydrogens (tertiary/aromatic N) is 3. The van der Waals surface area contributed by atoms with E-state index in [9.17, 15) is 0 Å². The molecule has 1 aliphatic rings. The molecule has 2 aromatic carbocycles. The van der Waals surface area contributed by atoms with E-state index >= 15 is 0 Å². The zero-order chi connectivity index (χ0) is 14.8. The lowest BCUT2D eigenvalue weighted by atomic mass is 10.0. The third-order valence-corrected chi connectivity index (χ3v) is 3.66. The van der Waals surface area contributed by atoms with E-state index in [4.69, 9.17) is 0 Å². The highest BCUT2D eigenvalue weighted by Crippen LogP contribution is 2.34. The van der Waals surface area contributed by atoms with Gasteiger partial charge < -0.3 is 9.88 Å². The lowest BCUT2D eigenvalue weighted by Crippen LogP contribution is -2.23. The number of amidine groups is 1. The van der Waals surface area contributed by atoms with E-state index < -0.39 is 0 Å². The minimum atomic E-state index is 0.581. The fourth-order valence-electron chi connectivity index (χ4n) is 2.64. The Morgan fingerprint density at radius 3 is 2.86 bits per heavy atom. The summed E-state index contributed by atoms with van der Waals surface area (Å²) in [5, 5.41) is 5.77. The van der Waals surface area contributed by atoms with Gasteiger partial charge in [0.2, 0.25) is 0 Å². The zero-order valence-electron chi connectivity index (χ0n) is 12.0. The van der Waals surface area contributed by atoms with Gasteiger partial charge in [-0.25, -0.2) is 9.98 Å². The largest absolute Gasteiger partial charge is 0.359 e. The fraction of sp³-hybridized carbons (Fsp3) is 0.111. The number of imidazole rings is 1. The van der Waals surface area contributed by atoms with E-state index in [1.165, 1.54) is 10.8 Å². The SMILES string of the molecule is C(#CCn1ccnc1)CNC1=Nc2cccc3cccc1c23. The van der Waals surface area contributed by atoms with Gasteiger partial charge in [-0.2, -0.15) is 0 Å². The Bertz CT molecular complexity index is 906. The standard InChI is InChI=1S/C18H14N4/c1(2-11-22-12-10-19-13-22)9-20-18-15-7-3-5-14-6-4-8-16(21-18)17(14)15/h3-8,10,12-13H,9,11H2,(H,20,21). The third kappa shape index (κ3) is 2.23. The fourth-order valence-corrected chi connectivity index (χ4v) is 2.64. The summed E-state index contributed by atoms with van der Waals surface area (Å²) in [7, 11) is 0. The van der Waals surface area contributed by atoms with Crippen LogP contribution in [0.25, 0.3) is 10.8 Å². The number of aliphatic imine (C=N–C) groups is 1.